The largest absolute Gasteiger partial charge is 0.493 e. The van der Waals surface area contributed by atoms with Crippen LogP contribution < -0.4 is 9.47 Å². The topological polar surface area (TPSA) is 59.1 Å². The van der Waals surface area contributed by atoms with Crippen molar-refractivity contribution >= 4 is 34.5 Å². The molecule has 1 aliphatic carbocycles. The highest BCUT2D eigenvalue weighted by molar-refractivity contribution is 7.11. The number of benzene rings is 1. The Morgan fingerprint density at radius 1 is 0.947 bits per heavy atom. The van der Waals surface area contributed by atoms with E-state index < -0.39 is 0 Å². The SMILES string of the molecule is COc1ccc(CCN(Cc2ccc(C)s2)C(=O)CN(C(=O)Cc2cccs2)C2CCCCC2)cc1OC. The van der Waals surface area contributed by atoms with Gasteiger partial charge in [0.25, 0.3) is 0 Å². The molecule has 8 heteroatoms. The molecular formula is C30H38N2O4S2. The van der Waals surface area contributed by atoms with Gasteiger partial charge in [-0.1, -0.05) is 31.4 Å². The van der Waals surface area contributed by atoms with Crippen LogP contribution in [-0.4, -0.2) is 55.0 Å². The third kappa shape index (κ3) is 7.60. The van der Waals surface area contributed by atoms with E-state index in [0.29, 0.717) is 37.4 Å². The number of carbonyl (C=O) groups is 2. The summed E-state index contributed by atoms with van der Waals surface area (Å²) >= 11 is 3.31. The molecule has 1 saturated carbocycles. The monoisotopic (exact) mass is 554 g/mol. The zero-order valence-electron chi connectivity index (χ0n) is 22.6. The fraction of sp³-hybridized carbons (Fsp3) is 0.467. The summed E-state index contributed by atoms with van der Waals surface area (Å²) in [5, 5.41) is 2.00. The maximum Gasteiger partial charge on any atom is 0.242 e. The van der Waals surface area contributed by atoms with Gasteiger partial charge in [0.1, 0.15) is 6.54 Å². The van der Waals surface area contributed by atoms with Crippen LogP contribution in [0, 0.1) is 6.92 Å². The van der Waals surface area contributed by atoms with Gasteiger partial charge in [0, 0.05) is 27.2 Å². The van der Waals surface area contributed by atoms with E-state index in [4.69, 9.17) is 9.47 Å². The first-order valence-corrected chi connectivity index (χ1v) is 15.0. The molecule has 0 spiro atoms. The lowest BCUT2D eigenvalue weighted by molar-refractivity contribution is -0.143. The first kappa shape index (κ1) is 28.2. The van der Waals surface area contributed by atoms with Crippen LogP contribution in [0.1, 0.15) is 52.3 Å². The Labute approximate surface area is 234 Å². The standard InChI is InChI=1S/C30H38N2O4S2/c1-22-11-13-26(38-22)20-31(16-15-23-12-14-27(35-2)28(18-23)36-3)30(34)21-32(24-8-5-4-6-9-24)29(33)19-25-10-7-17-37-25/h7,10-14,17-18,24H,4-6,8-9,15-16,19-21H2,1-3H3. The van der Waals surface area contributed by atoms with Gasteiger partial charge >= 0.3 is 0 Å². The minimum atomic E-state index is 0.00151. The molecule has 2 aromatic heterocycles. The van der Waals surface area contributed by atoms with Crippen LogP contribution in [-0.2, 0) is 29.0 Å². The molecule has 0 aliphatic heterocycles. The van der Waals surface area contributed by atoms with Crippen LogP contribution in [0.25, 0.3) is 0 Å². The molecule has 0 atom stereocenters. The smallest absolute Gasteiger partial charge is 0.242 e. The molecule has 204 valence electrons. The van der Waals surface area contributed by atoms with Gasteiger partial charge in [-0.2, -0.15) is 0 Å². The van der Waals surface area contributed by atoms with Gasteiger partial charge in [0.2, 0.25) is 11.8 Å². The van der Waals surface area contributed by atoms with Crippen LogP contribution in [0.15, 0.2) is 47.8 Å². The van der Waals surface area contributed by atoms with E-state index in [9.17, 15) is 9.59 Å². The van der Waals surface area contributed by atoms with E-state index in [0.717, 1.165) is 41.0 Å². The highest BCUT2D eigenvalue weighted by atomic mass is 32.1. The summed E-state index contributed by atoms with van der Waals surface area (Å²) in [5.74, 6) is 1.42. The summed E-state index contributed by atoms with van der Waals surface area (Å²) in [5.41, 5.74) is 1.07. The quantitative estimate of drug-likeness (QED) is 0.271. The molecule has 0 unspecified atom stereocenters. The van der Waals surface area contributed by atoms with Crippen molar-refractivity contribution in [3.8, 4) is 11.5 Å². The second-order valence-electron chi connectivity index (χ2n) is 9.84. The maximum absolute atomic E-state index is 13.9. The van der Waals surface area contributed by atoms with Gasteiger partial charge in [0.05, 0.1) is 27.2 Å². The molecule has 38 heavy (non-hydrogen) atoms. The zero-order valence-corrected chi connectivity index (χ0v) is 24.2. The van der Waals surface area contributed by atoms with Crippen molar-refractivity contribution in [1.82, 2.24) is 9.80 Å². The van der Waals surface area contributed by atoms with E-state index in [1.165, 1.54) is 11.3 Å². The Bertz CT molecular complexity index is 1180. The number of thiophene rings is 2. The maximum atomic E-state index is 13.9. The zero-order chi connectivity index (χ0) is 26.9. The number of aryl methyl sites for hydroxylation is 1. The molecule has 0 saturated heterocycles. The average Bonchev–Trinajstić information content (AvgIpc) is 3.61. The van der Waals surface area contributed by atoms with Crippen molar-refractivity contribution in [3.05, 3.63) is 68.0 Å². The molecule has 1 aliphatic rings. The molecule has 6 nitrogen and oxygen atoms in total. The number of methoxy groups -OCH3 is 2. The summed E-state index contributed by atoms with van der Waals surface area (Å²) < 4.78 is 10.8. The van der Waals surface area contributed by atoms with Gasteiger partial charge in [-0.05, 0) is 67.5 Å². The summed E-state index contributed by atoms with van der Waals surface area (Å²) in [6.45, 7) is 3.31. The van der Waals surface area contributed by atoms with Gasteiger partial charge in [0.15, 0.2) is 11.5 Å². The average molecular weight is 555 g/mol. The number of hydrogen-bond acceptors (Lipinski definition) is 6. The van der Waals surface area contributed by atoms with Crippen molar-refractivity contribution in [2.45, 2.75) is 64.5 Å². The number of hydrogen-bond donors (Lipinski definition) is 0. The molecule has 1 fully saturated rings. The van der Waals surface area contributed by atoms with Gasteiger partial charge in [-0.3, -0.25) is 9.59 Å². The minimum absolute atomic E-state index is 0.00151. The summed E-state index contributed by atoms with van der Waals surface area (Å²) in [4.78, 5) is 34.5. The van der Waals surface area contributed by atoms with Crippen molar-refractivity contribution < 1.29 is 19.1 Å². The molecule has 1 aromatic carbocycles. The molecule has 0 bridgehead atoms. The Morgan fingerprint density at radius 2 is 1.74 bits per heavy atom. The Balaban J connectivity index is 1.51. The molecular weight excluding hydrogens is 516 g/mol. The number of carbonyl (C=O) groups excluding carboxylic acids is 2. The van der Waals surface area contributed by atoms with Crippen LogP contribution in [0.5, 0.6) is 11.5 Å². The Kier molecular flexibility index (Phi) is 10.2. The third-order valence-corrected chi connectivity index (χ3v) is 9.02. The minimum Gasteiger partial charge on any atom is -0.493 e. The van der Waals surface area contributed by atoms with Gasteiger partial charge < -0.3 is 19.3 Å². The van der Waals surface area contributed by atoms with Crippen molar-refractivity contribution in [3.63, 3.8) is 0 Å². The van der Waals surface area contributed by atoms with Gasteiger partial charge in [-0.15, -0.1) is 22.7 Å². The molecule has 2 amide bonds. The number of nitrogens with zero attached hydrogens (tertiary/aromatic N) is 2. The lowest BCUT2D eigenvalue weighted by Crippen LogP contribution is -2.48. The molecule has 0 radical (unpaired) electrons. The highest BCUT2D eigenvalue weighted by Gasteiger charge is 2.29. The Hall–Kier alpha value is -2.84. The number of amides is 2. The van der Waals surface area contributed by atoms with Crippen molar-refractivity contribution in [1.29, 1.82) is 0 Å². The number of rotatable bonds is 12. The summed E-state index contributed by atoms with van der Waals surface area (Å²) in [6.07, 6.45) is 6.41. The first-order chi connectivity index (χ1) is 18.5. The van der Waals surface area contributed by atoms with Crippen LogP contribution in [0.4, 0.5) is 0 Å². The third-order valence-electron chi connectivity index (χ3n) is 7.16. The van der Waals surface area contributed by atoms with E-state index >= 15 is 0 Å². The predicted molar refractivity (Wildman–Crippen MR) is 154 cm³/mol. The summed E-state index contributed by atoms with van der Waals surface area (Å²) in [6, 6.07) is 14.2. The van der Waals surface area contributed by atoms with E-state index in [2.05, 4.69) is 19.1 Å². The molecule has 3 aromatic rings. The fourth-order valence-electron chi connectivity index (χ4n) is 5.07. The highest BCUT2D eigenvalue weighted by Crippen LogP contribution is 2.28. The normalized spacial score (nSPS) is 13.8. The van der Waals surface area contributed by atoms with E-state index in [1.54, 1.807) is 36.9 Å². The predicted octanol–water partition coefficient (Wildman–Crippen LogP) is 6.11. The van der Waals surface area contributed by atoms with Crippen molar-refractivity contribution in [2.75, 3.05) is 27.3 Å². The van der Waals surface area contributed by atoms with Crippen LogP contribution >= 0.6 is 22.7 Å². The summed E-state index contributed by atoms with van der Waals surface area (Å²) in [7, 11) is 3.25. The lowest BCUT2D eigenvalue weighted by Gasteiger charge is -2.35. The fourth-order valence-corrected chi connectivity index (χ4v) is 6.68. The molecule has 2 heterocycles. The second kappa shape index (κ2) is 13.8. The first-order valence-electron chi connectivity index (χ1n) is 13.3. The van der Waals surface area contributed by atoms with Gasteiger partial charge in [-0.25, -0.2) is 0 Å². The molecule has 4 rings (SSSR count). The van der Waals surface area contributed by atoms with E-state index in [1.807, 2.05) is 45.5 Å². The second-order valence-corrected chi connectivity index (χ2v) is 12.2. The lowest BCUT2D eigenvalue weighted by atomic mass is 9.94. The van der Waals surface area contributed by atoms with E-state index in [-0.39, 0.29) is 24.4 Å². The van der Waals surface area contributed by atoms with Crippen LogP contribution in [0.2, 0.25) is 0 Å². The Morgan fingerprint density at radius 3 is 2.39 bits per heavy atom. The van der Waals surface area contributed by atoms with Crippen molar-refractivity contribution in [2.24, 2.45) is 0 Å². The number of ether oxygens (including phenoxy) is 2. The molecule has 0 N–H and O–H groups in total. The van der Waals surface area contributed by atoms with Crippen LogP contribution in [0.3, 0.4) is 0 Å².